The first-order valence-electron chi connectivity index (χ1n) is 9.41. The van der Waals surface area contributed by atoms with Crippen LogP contribution in [0.5, 0.6) is 0 Å². The van der Waals surface area contributed by atoms with E-state index >= 15 is 0 Å². The SMILES string of the molecule is CC(C)(C)OC(=O)CNN1CCN(S(=O)(=O)c2ccc3cc(Cl)ccc3c2)CC1=O. The van der Waals surface area contributed by atoms with E-state index in [1.54, 1.807) is 51.1 Å². The fourth-order valence-corrected chi connectivity index (χ4v) is 4.66. The van der Waals surface area contributed by atoms with Gasteiger partial charge in [-0.1, -0.05) is 23.7 Å². The molecule has 0 radical (unpaired) electrons. The van der Waals surface area contributed by atoms with Crippen LogP contribution >= 0.6 is 11.6 Å². The maximum atomic E-state index is 13.0. The number of hydrogen-bond donors (Lipinski definition) is 1. The van der Waals surface area contributed by atoms with Crippen molar-refractivity contribution in [3.8, 4) is 0 Å². The summed E-state index contributed by atoms with van der Waals surface area (Å²) in [5, 5.41) is 3.38. The Balaban J connectivity index is 1.66. The Morgan fingerprint density at radius 1 is 1.13 bits per heavy atom. The third-order valence-electron chi connectivity index (χ3n) is 4.43. The lowest BCUT2D eigenvalue weighted by molar-refractivity contribution is -0.155. The first-order valence-corrected chi connectivity index (χ1v) is 11.2. The summed E-state index contributed by atoms with van der Waals surface area (Å²) in [6.07, 6.45) is 0. The molecular weight excluding hydrogens is 430 g/mol. The molecule has 10 heteroatoms. The summed E-state index contributed by atoms with van der Waals surface area (Å²) < 4.78 is 32.3. The maximum absolute atomic E-state index is 13.0. The molecule has 0 saturated carbocycles. The number of carbonyl (C=O) groups excluding carboxylic acids is 2. The Morgan fingerprint density at radius 3 is 2.47 bits per heavy atom. The van der Waals surface area contributed by atoms with Gasteiger partial charge in [0.15, 0.2) is 0 Å². The molecule has 0 aromatic heterocycles. The zero-order chi connectivity index (χ0) is 22.1. The lowest BCUT2D eigenvalue weighted by Gasteiger charge is -2.33. The van der Waals surface area contributed by atoms with Crippen LogP contribution in [0.2, 0.25) is 5.02 Å². The summed E-state index contributed by atoms with van der Waals surface area (Å²) in [7, 11) is -3.84. The average molecular weight is 454 g/mol. The summed E-state index contributed by atoms with van der Waals surface area (Å²) >= 11 is 5.97. The molecular formula is C20H24ClN3O5S. The van der Waals surface area contributed by atoms with E-state index in [-0.39, 0.29) is 31.1 Å². The Hall–Kier alpha value is -2.20. The van der Waals surface area contributed by atoms with Crippen LogP contribution in [0.15, 0.2) is 41.3 Å². The van der Waals surface area contributed by atoms with Gasteiger partial charge in [-0.2, -0.15) is 4.31 Å². The zero-order valence-electron chi connectivity index (χ0n) is 17.0. The second-order valence-corrected chi connectivity index (χ2v) is 10.3. The number of hydrogen-bond acceptors (Lipinski definition) is 6. The number of halogens is 1. The van der Waals surface area contributed by atoms with Gasteiger partial charge in [-0.3, -0.25) is 14.6 Å². The Labute approximate surface area is 180 Å². The minimum Gasteiger partial charge on any atom is -0.459 e. The predicted octanol–water partition coefficient (Wildman–Crippen LogP) is 2.17. The van der Waals surface area contributed by atoms with Gasteiger partial charge in [0.05, 0.1) is 18.0 Å². The highest BCUT2D eigenvalue weighted by Gasteiger charge is 2.33. The Morgan fingerprint density at radius 2 is 1.80 bits per heavy atom. The highest BCUT2D eigenvalue weighted by atomic mass is 35.5. The number of sulfonamides is 1. The van der Waals surface area contributed by atoms with Gasteiger partial charge in [-0.15, -0.1) is 0 Å². The van der Waals surface area contributed by atoms with Crippen molar-refractivity contribution in [3.63, 3.8) is 0 Å². The molecule has 162 valence electrons. The van der Waals surface area contributed by atoms with Crippen LogP contribution in [0.4, 0.5) is 0 Å². The highest BCUT2D eigenvalue weighted by molar-refractivity contribution is 7.89. The number of hydrazine groups is 1. The van der Waals surface area contributed by atoms with Crippen molar-refractivity contribution in [2.24, 2.45) is 0 Å². The second kappa shape index (κ2) is 8.50. The molecule has 1 amide bonds. The van der Waals surface area contributed by atoms with Crippen molar-refractivity contribution in [2.75, 3.05) is 26.2 Å². The van der Waals surface area contributed by atoms with E-state index in [0.29, 0.717) is 5.02 Å². The van der Waals surface area contributed by atoms with E-state index in [0.717, 1.165) is 15.1 Å². The van der Waals surface area contributed by atoms with Crippen LogP contribution in [0.25, 0.3) is 10.8 Å². The molecule has 1 aliphatic rings. The highest BCUT2D eigenvalue weighted by Crippen LogP contribution is 2.25. The molecule has 1 aliphatic heterocycles. The van der Waals surface area contributed by atoms with Crippen molar-refractivity contribution in [3.05, 3.63) is 41.4 Å². The third-order valence-corrected chi connectivity index (χ3v) is 6.51. The van der Waals surface area contributed by atoms with Crippen LogP contribution < -0.4 is 5.43 Å². The van der Waals surface area contributed by atoms with Gasteiger partial charge in [-0.25, -0.2) is 13.8 Å². The third kappa shape index (κ3) is 5.28. The van der Waals surface area contributed by atoms with Crippen molar-refractivity contribution in [1.82, 2.24) is 14.7 Å². The lowest BCUT2D eigenvalue weighted by atomic mass is 10.1. The predicted molar refractivity (Wildman–Crippen MR) is 113 cm³/mol. The largest absolute Gasteiger partial charge is 0.459 e. The van der Waals surface area contributed by atoms with E-state index in [1.807, 2.05) is 0 Å². The summed E-state index contributed by atoms with van der Waals surface area (Å²) in [5.74, 6) is -0.942. The topological polar surface area (TPSA) is 96.0 Å². The number of esters is 1. The van der Waals surface area contributed by atoms with Gasteiger partial charge in [0.2, 0.25) is 10.0 Å². The molecule has 8 nitrogen and oxygen atoms in total. The van der Waals surface area contributed by atoms with Crippen LogP contribution in [0.3, 0.4) is 0 Å². The normalized spacial score (nSPS) is 16.1. The maximum Gasteiger partial charge on any atom is 0.322 e. The Kier molecular flexibility index (Phi) is 6.37. The van der Waals surface area contributed by atoms with Gasteiger partial charge < -0.3 is 4.74 Å². The van der Waals surface area contributed by atoms with Crippen LogP contribution in [0, 0.1) is 0 Å². The monoisotopic (exact) mass is 453 g/mol. The Bertz CT molecular complexity index is 1080. The summed E-state index contributed by atoms with van der Waals surface area (Å²) in [6, 6.07) is 9.96. The average Bonchev–Trinajstić information content (AvgIpc) is 2.65. The lowest BCUT2D eigenvalue weighted by Crippen LogP contribution is -2.57. The minimum absolute atomic E-state index is 0.105. The molecule has 1 heterocycles. The molecule has 0 bridgehead atoms. The van der Waals surface area contributed by atoms with Crippen molar-refractivity contribution >= 4 is 44.3 Å². The molecule has 0 spiro atoms. The van der Waals surface area contributed by atoms with E-state index in [4.69, 9.17) is 16.3 Å². The number of amides is 1. The summed E-state index contributed by atoms with van der Waals surface area (Å²) in [5.41, 5.74) is 2.09. The number of piperazine rings is 1. The smallest absolute Gasteiger partial charge is 0.322 e. The summed E-state index contributed by atoms with van der Waals surface area (Å²) in [6.45, 7) is 4.98. The van der Waals surface area contributed by atoms with Crippen molar-refractivity contribution in [1.29, 1.82) is 0 Å². The van der Waals surface area contributed by atoms with Crippen LogP contribution in [-0.2, 0) is 24.3 Å². The molecule has 0 aliphatic carbocycles. The van der Waals surface area contributed by atoms with Gasteiger partial charge in [0.25, 0.3) is 5.91 Å². The number of nitrogens with zero attached hydrogens (tertiary/aromatic N) is 2. The van der Waals surface area contributed by atoms with Crippen molar-refractivity contribution in [2.45, 2.75) is 31.3 Å². The van der Waals surface area contributed by atoms with Gasteiger partial charge in [0.1, 0.15) is 12.1 Å². The second-order valence-electron chi connectivity index (χ2n) is 7.96. The van der Waals surface area contributed by atoms with Crippen molar-refractivity contribution < 1.29 is 22.7 Å². The fourth-order valence-electron chi connectivity index (χ4n) is 3.07. The van der Waals surface area contributed by atoms with Crippen LogP contribution in [0.1, 0.15) is 20.8 Å². The summed E-state index contributed by atoms with van der Waals surface area (Å²) in [4.78, 5) is 24.3. The number of fused-ring (bicyclic) bond motifs is 1. The number of ether oxygens (including phenoxy) is 1. The number of rotatable bonds is 5. The first-order chi connectivity index (χ1) is 14.0. The molecule has 30 heavy (non-hydrogen) atoms. The first kappa shape index (κ1) is 22.5. The minimum atomic E-state index is -3.84. The molecule has 2 aromatic rings. The van der Waals surface area contributed by atoms with Crippen LogP contribution in [-0.4, -0.2) is 61.4 Å². The molecule has 3 rings (SSSR count). The molecule has 1 N–H and O–H groups in total. The standard InChI is InChI=1S/C20H24ClN3O5S/c1-20(2,3)29-19(26)12-22-24-9-8-23(13-18(24)25)30(27,28)17-7-5-14-10-16(21)6-4-15(14)11-17/h4-7,10-11,22H,8-9,12-13H2,1-3H3. The molecule has 0 atom stereocenters. The number of nitrogens with one attached hydrogen (secondary N) is 1. The van der Waals surface area contributed by atoms with E-state index in [9.17, 15) is 18.0 Å². The van der Waals surface area contributed by atoms with E-state index in [2.05, 4.69) is 5.43 Å². The van der Waals surface area contributed by atoms with Gasteiger partial charge >= 0.3 is 5.97 Å². The molecule has 0 unspecified atom stereocenters. The fraction of sp³-hybridized carbons (Fsp3) is 0.400. The zero-order valence-corrected chi connectivity index (χ0v) is 18.6. The van der Waals surface area contributed by atoms with E-state index < -0.39 is 27.5 Å². The van der Waals surface area contributed by atoms with E-state index in [1.165, 1.54) is 11.1 Å². The van der Waals surface area contributed by atoms with Gasteiger partial charge in [-0.05, 0) is 55.8 Å². The number of carbonyl (C=O) groups is 2. The quantitative estimate of drug-likeness (QED) is 0.697. The molecule has 1 fully saturated rings. The van der Waals surface area contributed by atoms with Gasteiger partial charge in [0, 0.05) is 11.6 Å². The molecule has 2 aromatic carbocycles. The number of benzene rings is 2. The molecule has 1 saturated heterocycles.